The predicted octanol–water partition coefficient (Wildman–Crippen LogP) is 0.783. The molecule has 0 unspecified atom stereocenters. The Morgan fingerprint density at radius 1 is 1.24 bits per heavy atom. The lowest BCUT2D eigenvalue weighted by Crippen LogP contribution is -2.49. The van der Waals surface area contributed by atoms with Crippen LogP contribution in [0.15, 0.2) is 0 Å². The van der Waals surface area contributed by atoms with Gasteiger partial charge in [0.1, 0.15) is 6.61 Å². The van der Waals surface area contributed by atoms with Crippen molar-refractivity contribution >= 4 is 12.0 Å². The molecule has 1 saturated heterocycles. The zero-order chi connectivity index (χ0) is 15.2. The van der Waals surface area contributed by atoms with Crippen LogP contribution in [0.1, 0.15) is 25.7 Å². The van der Waals surface area contributed by atoms with Crippen molar-refractivity contribution in [3.8, 4) is 0 Å². The van der Waals surface area contributed by atoms with Gasteiger partial charge in [0.05, 0.1) is 12.7 Å². The highest BCUT2D eigenvalue weighted by atomic mass is 16.5. The summed E-state index contributed by atoms with van der Waals surface area (Å²) in [4.78, 5) is 26.7. The van der Waals surface area contributed by atoms with E-state index in [0.717, 1.165) is 12.8 Å². The third kappa shape index (κ3) is 4.86. The zero-order valence-electron chi connectivity index (χ0n) is 12.5. The molecule has 2 aliphatic rings. The number of methoxy groups -OCH3 is 1. The third-order valence-corrected chi connectivity index (χ3v) is 3.92. The largest absolute Gasteiger partial charge is 0.480 e. The second-order valence-electron chi connectivity index (χ2n) is 5.59. The molecule has 0 bridgehead atoms. The van der Waals surface area contributed by atoms with Crippen LogP contribution in [0.25, 0.3) is 0 Å². The first kappa shape index (κ1) is 16.0. The Morgan fingerprint density at radius 2 is 1.90 bits per heavy atom. The monoisotopic (exact) mass is 300 g/mol. The molecular formula is C14H24N2O5. The molecule has 0 spiro atoms. The summed E-state index contributed by atoms with van der Waals surface area (Å²) in [7, 11) is 1.64. The number of carbonyl (C=O) groups excluding carboxylic acids is 1. The molecular weight excluding hydrogens is 276 g/mol. The lowest BCUT2D eigenvalue weighted by Gasteiger charge is -2.35. The van der Waals surface area contributed by atoms with Crippen LogP contribution < -0.4 is 0 Å². The van der Waals surface area contributed by atoms with Crippen LogP contribution in [0.3, 0.4) is 0 Å². The molecule has 0 radical (unpaired) electrons. The summed E-state index contributed by atoms with van der Waals surface area (Å²) >= 11 is 0. The molecule has 7 nitrogen and oxygen atoms in total. The van der Waals surface area contributed by atoms with E-state index in [0.29, 0.717) is 45.1 Å². The van der Waals surface area contributed by atoms with E-state index in [-0.39, 0.29) is 18.7 Å². The highest BCUT2D eigenvalue weighted by Crippen LogP contribution is 2.28. The Labute approximate surface area is 124 Å². The second kappa shape index (κ2) is 7.61. The number of carboxylic acid groups (broad SMARTS) is 1. The van der Waals surface area contributed by atoms with E-state index in [1.165, 1.54) is 0 Å². The molecule has 1 saturated carbocycles. The van der Waals surface area contributed by atoms with Gasteiger partial charge in [0.25, 0.3) is 0 Å². The van der Waals surface area contributed by atoms with E-state index in [2.05, 4.69) is 0 Å². The Balaban J connectivity index is 1.77. The van der Waals surface area contributed by atoms with Gasteiger partial charge in [0, 0.05) is 32.8 Å². The number of likely N-dealkylation sites (tertiary alicyclic amines) is 1. The van der Waals surface area contributed by atoms with Crippen LogP contribution >= 0.6 is 0 Å². The molecule has 21 heavy (non-hydrogen) atoms. The molecule has 1 heterocycles. The molecule has 0 atom stereocenters. The van der Waals surface area contributed by atoms with E-state index in [1.54, 1.807) is 7.11 Å². The molecule has 1 aliphatic heterocycles. The van der Waals surface area contributed by atoms with Crippen LogP contribution in [0.2, 0.25) is 0 Å². The van der Waals surface area contributed by atoms with Crippen LogP contribution in [0, 0.1) is 0 Å². The van der Waals surface area contributed by atoms with Crippen LogP contribution in [-0.4, -0.2) is 79.0 Å². The van der Waals surface area contributed by atoms with Gasteiger partial charge in [-0.2, -0.15) is 0 Å². The van der Waals surface area contributed by atoms with Crippen molar-refractivity contribution in [1.82, 2.24) is 9.80 Å². The van der Waals surface area contributed by atoms with Crippen molar-refractivity contribution in [1.29, 1.82) is 0 Å². The Bertz CT molecular complexity index is 364. The number of ether oxygens (including phenoxy) is 2. The van der Waals surface area contributed by atoms with Gasteiger partial charge in [-0.3, -0.25) is 0 Å². The summed E-state index contributed by atoms with van der Waals surface area (Å²) < 4.78 is 10.4. The fourth-order valence-electron chi connectivity index (χ4n) is 2.59. The highest BCUT2D eigenvalue weighted by Gasteiger charge is 2.35. The maximum atomic E-state index is 12.5. The Morgan fingerprint density at radius 3 is 2.43 bits per heavy atom. The van der Waals surface area contributed by atoms with Crippen molar-refractivity contribution in [2.75, 3.05) is 40.0 Å². The Kier molecular flexibility index (Phi) is 5.81. The molecule has 2 amide bonds. The average molecular weight is 300 g/mol. The van der Waals surface area contributed by atoms with Gasteiger partial charge in [-0.25, -0.2) is 9.59 Å². The van der Waals surface area contributed by atoms with Crippen molar-refractivity contribution < 1.29 is 24.2 Å². The summed E-state index contributed by atoms with van der Waals surface area (Å²) in [5, 5.41) is 8.60. The topological polar surface area (TPSA) is 79.3 Å². The van der Waals surface area contributed by atoms with Gasteiger partial charge < -0.3 is 24.4 Å². The Hall–Kier alpha value is -1.34. The maximum Gasteiger partial charge on any atom is 0.329 e. The van der Waals surface area contributed by atoms with E-state index in [1.807, 2.05) is 9.80 Å². The molecule has 1 aliphatic carbocycles. The number of hydrogen-bond acceptors (Lipinski definition) is 4. The number of hydrogen-bond donors (Lipinski definition) is 1. The van der Waals surface area contributed by atoms with Gasteiger partial charge in [-0.05, 0) is 25.7 Å². The van der Waals surface area contributed by atoms with Crippen molar-refractivity contribution in [2.24, 2.45) is 0 Å². The van der Waals surface area contributed by atoms with Crippen LogP contribution in [0.5, 0.6) is 0 Å². The number of urea groups is 1. The SMILES string of the molecule is COCCN(C(=O)N1CCC(OCC(=O)O)CC1)C1CC1. The molecule has 120 valence electrons. The second-order valence-corrected chi connectivity index (χ2v) is 5.59. The van der Waals surface area contributed by atoms with E-state index in [9.17, 15) is 9.59 Å². The first-order chi connectivity index (χ1) is 10.1. The van der Waals surface area contributed by atoms with E-state index >= 15 is 0 Å². The quantitative estimate of drug-likeness (QED) is 0.752. The molecule has 7 heteroatoms. The fraction of sp³-hybridized carbons (Fsp3) is 0.857. The average Bonchev–Trinajstić information content (AvgIpc) is 3.30. The number of carbonyl (C=O) groups is 2. The lowest BCUT2D eigenvalue weighted by atomic mass is 10.1. The fourth-order valence-corrected chi connectivity index (χ4v) is 2.59. The first-order valence-corrected chi connectivity index (χ1v) is 7.49. The zero-order valence-corrected chi connectivity index (χ0v) is 12.5. The number of aliphatic carboxylic acids is 1. The number of amides is 2. The van der Waals surface area contributed by atoms with Gasteiger partial charge in [0.2, 0.25) is 0 Å². The lowest BCUT2D eigenvalue weighted by molar-refractivity contribution is -0.145. The number of piperidine rings is 1. The number of carboxylic acids is 1. The minimum atomic E-state index is -0.951. The van der Waals surface area contributed by atoms with E-state index in [4.69, 9.17) is 14.6 Å². The molecule has 0 aromatic rings. The number of rotatable bonds is 7. The van der Waals surface area contributed by atoms with Crippen molar-refractivity contribution in [3.05, 3.63) is 0 Å². The van der Waals surface area contributed by atoms with Crippen molar-refractivity contribution in [2.45, 2.75) is 37.8 Å². The summed E-state index contributed by atoms with van der Waals surface area (Å²) in [5.41, 5.74) is 0. The molecule has 1 N–H and O–H groups in total. The predicted molar refractivity (Wildman–Crippen MR) is 75.2 cm³/mol. The maximum absolute atomic E-state index is 12.5. The smallest absolute Gasteiger partial charge is 0.329 e. The number of nitrogens with zero attached hydrogens (tertiary/aromatic N) is 2. The summed E-state index contributed by atoms with van der Waals surface area (Å²) in [6, 6.07) is 0.444. The molecule has 2 rings (SSSR count). The van der Waals surface area contributed by atoms with Crippen LogP contribution in [-0.2, 0) is 14.3 Å². The van der Waals surface area contributed by atoms with Gasteiger partial charge in [-0.1, -0.05) is 0 Å². The first-order valence-electron chi connectivity index (χ1n) is 7.49. The van der Waals surface area contributed by atoms with Crippen LogP contribution in [0.4, 0.5) is 4.79 Å². The van der Waals surface area contributed by atoms with Crippen molar-refractivity contribution in [3.63, 3.8) is 0 Å². The molecule has 0 aromatic heterocycles. The molecule has 2 fully saturated rings. The van der Waals surface area contributed by atoms with Gasteiger partial charge in [-0.15, -0.1) is 0 Å². The minimum absolute atomic E-state index is 0.0569. The summed E-state index contributed by atoms with van der Waals surface area (Å²) in [6.45, 7) is 2.18. The molecule has 0 aromatic carbocycles. The van der Waals surface area contributed by atoms with E-state index < -0.39 is 5.97 Å². The summed E-state index contributed by atoms with van der Waals surface area (Å²) in [5.74, 6) is -0.951. The normalized spacial score (nSPS) is 19.6. The minimum Gasteiger partial charge on any atom is -0.480 e. The standard InChI is InChI=1S/C14H24N2O5/c1-20-9-8-16(11-2-3-11)14(19)15-6-4-12(5-7-15)21-10-13(17)18/h11-12H,2-10H2,1H3,(H,17,18). The third-order valence-electron chi connectivity index (χ3n) is 3.92. The highest BCUT2D eigenvalue weighted by molar-refractivity contribution is 5.75. The van der Waals surface area contributed by atoms with Gasteiger partial charge >= 0.3 is 12.0 Å². The van der Waals surface area contributed by atoms with Gasteiger partial charge in [0.15, 0.2) is 0 Å². The summed E-state index contributed by atoms with van der Waals surface area (Å²) in [6.07, 6.45) is 3.49.